The van der Waals surface area contributed by atoms with E-state index in [1.807, 2.05) is 31.2 Å². The van der Waals surface area contributed by atoms with E-state index in [1.54, 1.807) is 6.92 Å². The molecule has 34 heavy (non-hydrogen) atoms. The number of carbonyl (C=O) groups excluding carboxylic acids is 1. The SMILES string of the molecule is CCOC(=O)[C@H](Cc1ccc(OC/C=C(/C)c2ccc3c(c2)Cc2ccccc2-3)cc1)OCC. The normalized spacial score (nSPS) is 13.2. The molecule has 0 saturated heterocycles. The third kappa shape index (κ3) is 5.57. The Morgan fingerprint density at radius 3 is 2.47 bits per heavy atom. The number of ether oxygens (including phenoxy) is 3. The van der Waals surface area contributed by atoms with Gasteiger partial charge in [-0.1, -0.05) is 54.6 Å². The smallest absolute Gasteiger partial charge is 0.335 e. The van der Waals surface area contributed by atoms with Crippen LogP contribution in [0.3, 0.4) is 0 Å². The molecule has 176 valence electrons. The molecule has 0 unspecified atom stereocenters. The first-order valence-electron chi connectivity index (χ1n) is 12.0. The largest absolute Gasteiger partial charge is 0.490 e. The Bertz CT molecular complexity index is 1160. The van der Waals surface area contributed by atoms with Gasteiger partial charge in [0, 0.05) is 13.0 Å². The average Bonchev–Trinajstić information content (AvgIpc) is 3.22. The first-order valence-corrected chi connectivity index (χ1v) is 12.0. The standard InChI is InChI=1S/C30H32O4/c1-4-32-29(30(31)33-5-2)18-22-10-13-26(14-11-22)34-17-16-21(3)23-12-15-28-25(19-23)20-24-8-6-7-9-27(24)28/h6-16,19,29H,4-5,17-18,20H2,1-3H3/b21-16-/t29-/m0/s1. The molecule has 0 radical (unpaired) electrons. The Hall–Kier alpha value is -3.37. The van der Waals surface area contributed by atoms with Gasteiger partial charge in [0.2, 0.25) is 0 Å². The van der Waals surface area contributed by atoms with E-state index >= 15 is 0 Å². The molecule has 0 spiro atoms. The molecule has 4 nitrogen and oxygen atoms in total. The van der Waals surface area contributed by atoms with E-state index in [0.29, 0.717) is 26.2 Å². The van der Waals surface area contributed by atoms with Gasteiger partial charge in [0.25, 0.3) is 0 Å². The molecule has 0 amide bonds. The minimum Gasteiger partial charge on any atom is -0.490 e. The first-order chi connectivity index (χ1) is 16.6. The number of fused-ring (bicyclic) bond motifs is 3. The minimum absolute atomic E-state index is 0.319. The summed E-state index contributed by atoms with van der Waals surface area (Å²) in [4.78, 5) is 12.1. The van der Waals surface area contributed by atoms with E-state index in [2.05, 4.69) is 55.5 Å². The molecule has 3 aromatic carbocycles. The number of rotatable bonds is 10. The van der Waals surface area contributed by atoms with Gasteiger partial charge in [-0.25, -0.2) is 4.79 Å². The Kier molecular flexibility index (Phi) is 7.81. The molecule has 0 aliphatic heterocycles. The molecule has 1 aliphatic rings. The molecule has 4 rings (SSSR count). The molecular formula is C30H32O4. The lowest BCUT2D eigenvalue weighted by Gasteiger charge is -2.15. The van der Waals surface area contributed by atoms with Crippen LogP contribution in [-0.4, -0.2) is 31.9 Å². The van der Waals surface area contributed by atoms with E-state index in [0.717, 1.165) is 17.7 Å². The van der Waals surface area contributed by atoms with Crippen molar-refractivity contribution in [1.29, 1.82) is 0 Å². The van der Waals surface area contributed by atoms with Gasteiger partial charge in [0.1, 0.15) is 12.4 Å². The molecule has 0 saturated carbocycles. The predicted molar refractivity (Wildman–Crippen MR) is 136 cm³/mol. The minimum atomic E-state index is -0.581. The lowest BCUT2D eigenvalue weighted by Crippen LogP contribution is -2.28. The topological polar surface area (TPSA) is 44.8 Å². The van der Waals surface area contributed by atoms with Crippen molar-refractivity contribution in [3.8, 4) is 16.9 Å². The molecule has 4 heteroatoms. The quantitative estimate of drug-likeness (QED) is 0.265. The van der Waals surface area contributed by atoms with Crippen LogP contribution in [0.15, 0.2) is 72.8 Å². The zero-order chi connectivity index (χ0) is 23.9. The zero-order valence-corrected chi connectivity index (χ0v) is 20.2. The molecule has 0 N–H and O–H groups in total. The summed E-state index contributed by atoms with van der Waals surface area (Å²) in [6.07, 6.45) is 3.01. The molecule has 3 aromatic rings. The maximum atomic E-state index is 12.1. The van der Waals surface area contributed by atoms with Crippen LogP contribution in [0.25, 0.3) is 16.7 Å². The summed E-state index contributed by atoms with van der Waals surface area (Å²) >= 11 is 0. The Morgan fingerprint density at radius 2 is 1.71 bits per heavy atom. The summed E-state index contributed by atoms with van der Waals surface area (Å²) in [7, 11) is 0. The number of allylic oxidation sites excluding steroid dienone is 1. The van der Waals surface area contributed by atoms with Crippen molar-refractivity contribution in [2.75, 3.05) is 19.8 Å². The van der Waals surface area contributed by atoms with Crippen molar-refractivity contribution in [2.24, 2.45) is 0 Å². The van der Waals surface area contributed by atoms with Gasteiger partial charge in [0.15, 0.2) is 6.10 Å². The second kappa shape index (κ2) is 11.2. The monoisotopic (exact) mass is 456 g/mol. The van der Waals surface area contributed by atoms with Gasteiger partial charge < -0.3 is 14.2 Å². The van der Waals surface area contributed by atoms with Gasteiger partial charge >= 0.3 is 5.97 Å². The highest BCUT2D eigenvalue weighted by Gasteiger charge is 2.20. The maximum Gasteiger partial charge on any atom is 0.335 e. The second-order valence-electron chi connectivity index (χ2n) is 8.45. The fraction of sp³-hybridized carbons (Fsp3) is 0.300. The summed E-state index contributed by atoms with van der Waals surface area (Å²) in [6.45, 7) is 7.11. The van der Waals surface area contributed by atoms with Crippen molar-refractivity contribution < 1.29 is 19.0 Å². The molecular weight excluding hydrogens is 424 g/mol. The lowest BCUT2D eigenvalue weighted by atomic mass is 10.00. The highest BCUT2D eigenvalue weighted by Crippen LogP contribution is 2.37. The Labute approximate surface area is 202 Å². The molecule has 1 aliphatic carbocycles. The Balaban J connectivity index is 1.34. The number of carbonyl (C=O) groups is 1. The number of hydrogen-bond acceptors (Lipinski definition) is 4. The van der Waals surface area contributed by atoms with Crippen LogP contribution in [-0.2, 0) is 27.1 Å². The van der Waals surface area contributed by atoms with Gasteiger partial charge in [-0.2, -0.15) is 0 Å². The van der Waals surface area contributed by atoms with Gasteiger partial charge in [0.05, 0.1) is 6.61 Å². The summed E-state index contributed by atoms with van der Waals surface area (Å²) in [5, 5.41) is 0. The van der Waals surface area contributed by atoms with Crippen LogP contribution in [0.5, 0.6) is 5.75 Å². The van der Waals surface area contributed by atoms with Gasteiger partial charge in [-0.05, 0) is 84.4 Å². The Morgan fingerprint density at radius 1 is 0.941 bits per heavy atom. The molecule has 1 atom stereocenters. The number of benzene rings is 3. The van der Waals surface area contributed by atoms with Crippen molar-refractivity contribution in [3.05, 3.63) is 95.1 Å². The summed E-state index contributed by atoms with van der Waals surface area (Å²) in [6, 6.07) is 23.2. The van der Waals surface area contributed by atoms with E-state index in [9.17, 15) is 4.79 Å². The molecule has 0 bridgehead atoms. The van der Waals surface area contributed by atoms with Crippen LogP contribution < -0.4 is 4.74 Å². The third-order valence-electron chi connectivity index (χ3n) is 6.15. The van der Waals surface area contributed by atoms with Crippen molar-refractivity contribution in [1.82, 2.24) is 0 Å². The van der Waals surface area contributed by atoms with E-state index < -0.39 is 6.10 Å². The fourth-order valence-electron chi connectivity index (χ4n) is 4.35. The second-order valence-corrected chi connectivity index (χ2v) is 8.45. The van der Waals surface area contributed by atoms with E-state index in [-0.39, 0.29) is 5.97 Å². The average molecular weight is 457 g/mol. The number of esters is 1. The van der Waals surface area contributed by atoms with Crippen LogP contribution in [0.1, 0.15) is 43.0 Å². The van der Waals surface area contributed by atoms with Crippen molar-refractivity contribution in [3.63, 3.8) is 0 Å². The fourth-order valence-corrected chi connectivity index (χ4v) is 4.35. The predicted octanol–water partition coefficient (Wildman–Crippen LogP) is 6.25. The maximum absolute atomic E-state index is 12.1. The van der Waals surface area contributed by atoms with Gasteiger partial charge in [-0.15, -0.1) is 0 Å². The van der Waals surface area contributed by atoms with Crippen LogP contribution in [0, 0.1) is 0 Å². The molecule has 0 fully saturated rings. The summed E-state index contributed by atoms with van der Waals surface area (Å²) < 4.78 is 16.6. The zero-order valence-electron chi connectivity index (χ0n) is 20.2. The van der Waals surface area contributed by atoms with Crippen LogP contribution >= 0.6 is 0 Å². The highest BCUT2D eigenvalue weighted by molar-refractivity contribution is 5.79. The highest BCUT2D eigenvalue weighted by atomic mass is 16.6. The number of hydrogen-bond donors (Lipinski definition) is 0. The lowest BCUT2D eigenvalue weighted by molar-refractivity contribution is -0.156. The van der Waals surface area contributed by atoms with Crippen molar-refractivity contribution in [2.45, 2.75) is 39.7 Å². The first kappa shape index (κ1) is 23.8. The molecule has 0 aromatic heterocycles. The van der Waals surface area contributed by atoms with E-state index in [1.165, 1.54) is 33.4 Å². The molecule has 0 heterocycles. The van der Waals surface area contributed by atoms with Crippen LogP contribution in [0.2, 0.25) is 0 Å². The van der Waals surface area contributed by atoms with Crippen LogP contribution in [0.4, 0.5) is 0 Å². The summed E-state index contributed by atoms with van der Waals surface area (Å²) in [5.41, 5.74) is 8.92. The third-order valence-corrected chi connectivity index (χ3v) is 6.15. The van der Waals surface area contributed by atoms with Crippen molar-refractivity contribution >= 4 is 11.5 Å². The summed E-state index contributed by atoms with van der Waals surface area (Å²) in [5.74, 6) is 0.474. The van der Waals surface area contributed by atoms with E-state index in [4.69, 9.17) is 14.2 Å². The van der Waals surface area contributed by atoms with Gasteiger partial charge in [-0.3, -0.25) is 0 Å².